The van der Waals surface area contributed by atoms with Crippen molar-refractivity contribution in [2.24, 2.45) is 0 Å². The smallest absolute Gasteiger partial charge is 0.348 e. The number of carbonyl (C=O) groups excluding carboxylic acids is 5. The lowest BCUT2D eigenvalue weighted by Crippen LogP contribution is -2.30. The van der Waals surface area contributed by atoms with Crippen molar-refractivity contribution in [2.75, 3.05) is 25.1 Å². The molecule has 3 rings (SSSR count). The van der Waals surface area contributed by atoms with Gasteiger partial charge in [0.05, 0.1) is 29.9 Å². The number of fused-ring (bicyclic) bond motifs is 1. The van der Waals surface area contributed by atoms with E-state index in [-0.39, 0.29) is 59.3 Å². The fraction of sp³-hybridized carbons (Fsp3) is 0.400. The highest BCUT2D eigenvalue weighted by atomic mass is 32.1. The molecular weight excluding hydrogens is 472 g/mol. The summed E-state index contributed by atoms with van der Waals surface area (Å²) in [5.74, 6) is -2.07. The lowest BCUT2D eigenvalue weighted by molar-refractivity contribution is -0.116. The quantitative estimate of drug-likeness (QED) is 0.279. The molecule has 2 heterocycles. The second-order valence-electron chi connectivity index (χ2n) is 7.87. The van der Waals surface area contributed by atoms with E-state index in [0.717, 1.165) is 11.3 Å². The van der Waals surface area contributed by atoms with Crippen LogP contribution >= 0.6 is 11.3 Å². The Morgan fingerprint density at radius 1 is 0.914 bits per heavy atom. The van der Waals surface area contributed by atoms with Crippen molar-refractivity contribution in [3.05, 3.63) is 51.4 Å². The second-order valence-corrected chi connectivity index (χ2v) is 8.89. The number of hydrogen-bond acceptors (Lipinski definition) is 8. The van der Waals surface area contributed by atoms with Gasteiger partial charge in [-0.2, -0.15) is 0 Å². The Labute approximate surface area is 207 Å². The van der Waals surface area contributed by atoms with Crippen LogP contribution in [-0.2, 0) is 14.3 Å². The monoisotopic (exact) mass is 500 g/mol. The number of rotatable bonds is 11. The highest BCUT2D eigenvalue weighted by Crippen LogP contribution is 2.34. The number of nitrogens with one attached hydrogen (secondary N) is 1. The minimum Gasteiger partial charge on any atom is -0.462 e. The van der Waals surface area contributed by atoms with E-state index in [2.05, 4.69) is 5.32 Å². The van der Waals surface area contributed by atoms with Gasteiger partial charge >= 0.3 is 11.9 Å². The molecule has 0 unspecified atom stereocenters. The van der Waals surface area contributed by atoms with Crippen LogP contribution in [0.25, 0.3) is 0 Å². The molecule has 1 aromatic carbocycles. The molecule has 10 heteroatoms. The Bertz CT molecular complexity index is 1120. The highest BCUT2D eigenvalue weighted by molar-refractivity contribution is 7.18. The van der Waals surface area contributed by atoms with Gasteiger partial charge in [0.2, 0.25) is 5.91 Å². The molecule has 0 bridgehead atoms. The molecule has 9 nitrogen and oxygen atoms in total. The molecule has 1 N–H and O–H groups in total. The number of unbranched alkanes of at least 4 members (excludes halogenated alkanes) is 2. The molecule has 35 heavy (non-hydrogen) atoms. The molecule has 186 valence electrons. The molecule has 0 radical (unpaired) electrons. The Hall–Kier alpha value is -3.53. The zero-order valence-electron chi connectivity index (χ0n) is 20.0. The van der Waals surface area contributed by atoms with Gasteiger partial charge in [0.1, 0.15) is 9.88 Å². The Balaban J connectivity index is 1.54. The molecule has 1 aromatic heterocycles. The van der Waals surface area contributed by atoms with E-state index in [4.69, 9.17) is 9.47 Å². The van der Waals surface area contributed by atoms with Crippen molar-refractivity contribution < 1.29 is 33.4 Å². The topological polar surface area (TPSA) is 119 Å². The predicted molar refractivity (Wildman–Crippen MR) is 130 cm³/mol. The molecule has 1 aliphatic heterocycles. The summed E-state index contributed by atoms with van der Waals surface area (Å²) in [5.41, 5.74) is 1.40. The van der Waals surface area contributed by atoms with Gasteiger partial charge < -0.3 is 14.8 Å². The SMILES string of the molecule is CCOC(=O)c1sc(NC(=O)CCCCCN2C(=O)c3ccccc3C2=O)c(C(=O)OCC)c1C. The fourth-order valence-electron chi connectivity index (χ4n) is 3.81. The van der Waals surface area contributed by atoms with Gasteiger partial charge in [-0.1, -0.05) is 18.6 Å². The first-order chi connectivity index (χ1) is 16.8. The lowest BCUT2D eigenvalue weighted by Gasteiger charge is -2.13. The number of anilines is 1. The van der Waals surface area contributed by atoms with Gasteiger partial charge in [-0.15, -0.1) is 11.3 Å². The van der Waals surface area contributed by atoms with E-state index in [0.29, 0.717) is 36.0 Å². The minimum absolute atomic E-state index is 0.152. The lowest BCUT2D eigenvalue weighted by atomic mass is 10.1. The van der Waals surface area contributed by atoms with Crippen molar-refractivity contribution in [1.82, 2.24) is 4.90 Å². The number of nitrogens with zero attached hydrogens (tertiary/aromatic N) is 1. The van der Waals surface area contributed by atoms with Gasteiger partial charge in [0.25, 0.3) is 11.8 Å². The van der Waals surface area contributed by atoms with Gasteiger partial charge in [0.15, 0.2) is 0 Å². The van der Waals surface area contributed by atoms with E-state index >= 15 is 0 Å². The third-order valence-electron chi connectivity index (χ3n) is 5.50. The van der Waals surface area contributed by atoms with Crippen LogP contribution in [0, 0.1) is 6.92 Å². The van der Waals surface area contributed by atoms with Crippen molar-refractivity contribution in [3.63, 3.8) is 0 Å². The molecule has 2 aromatic rings. The maximum Gasteiger partial charge on any atom is 0.348 e. The molecule has 0 saturated heterocycles. The van der Waals surface area contributed by atoms with Crippen LogP contribution in [0.5, 0.6) is 0 Å². The normalized spacial score (nSPS) is 12.5. The number of hydrogen-bond donors (Lipinski definition) is 1. The molecule has 0 saturated carbocycles. The number of amides is 3. The van der Waals surface area contributed by atoms with E-state index in [1.807, 2.05) is 0 Å². The third-order valence-corrected chi connectivity index (χ3v) is 6.69. The van der Waals surface area contributed by atoms with Crippen LogP contribution in [0.4, 0.5) is 5.00 Å². The van der Waals surface area contributed by atoms with Gasteiger partial charge in [-0.3, -0.25) is 19.3 Å². The summed E-state index contributed by atoms with van der Waals surface area (Å²) in [4.78, 5) is 63.5. The van der Waals surface area contributed by atoms with Crippen molar-refractivity contribution in [3.8, 4) is 0 Å². The Morgan fingerprint density at radius 2 is 1.51 bits per heavy atom. The first-order valence-corrected chi connectivity index (χ1v) is 12.3. The number of imide groups is 1. The minimum atomic E-state index is -0.618. The van der Waals surface area contributed by atoms with Crippen molar-refractivity contribution in [1.29, 1.82) is 0 Å². The molecular formula is C25H28N2O7S. The highest BCUT2D eigenvalue weighted by Gasteiger charge is 2.34. The number of ether oxygens (including phenoxy) is 2. The molecule has 0 fully saturated rings. The maximum absolute atomic E-state index is 12.5. The summed E-state index contributed by atoms with van der Waals surface area (Å²) in [6, 6.07) is 6.74. The molecule has 0 spiro atoms. The van der Waals surface area contributed by atoms with Crippen LogP contribution in [0.2, 0.25) is 0 Å². The predicted octanol–water partition coefficient (Wildman–Crippen LogP) is 4.21. The van der Waals surface area contributed by atoms with Crippen LogP contribution in [0.3, 0.4) is 0 Å². The summed E-state index contributed by atoms with van der Waals surface area (Å²) < 4.78 is 10.1. The first kappa shape index (κ1) is 26.1. The molecule has 3 amide bonds. The van der Waals surface area contributed by atoms with Crippen LogP contribution in [0.15, 0.2) is 24.3 Å². The summed E-state index contributed by atoms with van der Waals surface area (Å²) in [5, 5.41) is 2.97. The number of esters is 2. The first-order valence-electron chi connectivity index (χ1n) is 11.5. The molecule has 0 aliphatic carbocycles. The summed E-state index contributed by atoms with van der Waals surface area (Å²) in [7, 11) is 0. The van der Waals surface area contributed by atoms with Crippen LogP contribution in [-0.4, -0.2) is 54.3 Å². The van der Waals surface area contributed by atoms with E-state index in [1.54, 1.807) is 45.0 Å². The zero-order valence-corrected chi connectivity index (χ0v) is 20.8. The van der Waals surface area contributed by atoms with Crippen LogP contribution in [0.1, 0.15) is 85.8 Å². The van der Waals surface area contributed by atoms with Gasteiger partial charge in [-0.05, 0) is 51.3 Å². The summed E-state index contributed by atoms with van der Waals surface area (Å²) >= 11 is 0.983. The third kappa shape index (κ3) is 5.76. The zero-order chi connectivity index (χ0) is 25.5. The van der Waals surface area contributed by atoms with E-state index in [1.165, 1.54) is 4.90 Å². The second kappa shape index (κ2) is 11.7. The van der Waals surface area contributed by atoms with Crippen molar-refractivity contribution >= 4 is 46.0 Å². The largest absolute Gasteiger partial charge is 0.462 e. The average molecular weight is 501 g/mol. The number of carbonyl (C=O) groups is 5. The average Bonchev–Trinajstić information content (AvgIpc) is 3.28. The summed E-state index contributed by atoms with van der Waals surface area (Å²) in [6.07, 6.45) is 1.90. The van der Waals surface area contributed by atoms with Crippen molar-refractivity contribution in [2.45, 2.75) is 46.5 Å². The van der Waals surface area contributed by atoms with E-state index < -0.39 is 11.9 Å². The maximum atomic E-state index is 12.5. The molecule has 0 atom stereocenters. The van der Waals surface area contributed by atoms with E-state index in [9.17, 15) is 24.0 Å². The van der Waals surface area contributed by atoms with Crippen LogP contribution < -0.4 is 5.32 Å². The van der Waals surface area contributed by atoms with Gasteiger partial charge in [-0.25, -0.2) is 9.59 Å². The standard InChI is InChI=1S/C25H28N2O7S/c1-4-33-24(31)19-15(3)20(25(32)34-5-2)35-21(19)26-18(28)13-7-6-10-14-27-22(29)16-11-8-9-12-17(16)23(27)30/h8-9,11-12H,4-7,10,13-14H2,1-3H3,(H,26,28). The fourth-order valence-corrected chi connectivity index (χ4v) is 4.91. The number of thiophene rings is 1. The van der Waals surface area contributed by atoms with Gasteiger partial charge in [0, 0.05) is 13.0 Å². The number of benzene rings is 1. The Morgan fingerprint density at radius 3 is 2.11 bits per heavy atom. The summed E-state index contributed by atoms with van der Waals surface area (Å²) in [6.45, 7) is 5.60. The Kier molecular flexibility index (Phi) is 8.75. The molecule has 1 aliphatic rings.